The number of nitrogens with one attached hydrogen (secondary N) is 1. The van der Waals surface area contributed by atoms with Crippen LogP contribution in [0.2, 0.25) is 0 Å². The average molecular weight is 257 g/mol. The molecule has 0 saturated heterocycles. The first-order valence-electron chi connectivity index (χ1n) is 6.53. The highest BCUT2D eigenvalue weighted by Crippen LogP contribution is 2.16. The molecule has 19 heavy (non-hydrogen) atoms. The molecule has 100 valence electrons. The summed E-state index contributed by atoms with van der Waals surface area (Å²) in [4.78, 5) is 11.7. The Balaban J connectivity index is 2.21. The molecule has 0 aliphatic heterocycles. The first-order valence-corrected chi connectivity index (χ1v) is 6.53. The van der Waals surface area contributed by atoms with Crippen LogP contribution >= 0.6 is 0 Å². The third-order valence-corrected chi connectivity index (χ3v) is 3.19. The molecule has 0 spiro atoms. The molecule has 2 rings (SSSR count). The normalized spacial score (nSPS) is 12.3. The van der Waals surface area contributed by atoms with Crippen molar-refractivity contribution in [3.63, 3.8) is 0 Å². The van der Waals surface area contributed by atoms with Crippen LogP contribution in [0.4, 0.5) is 0 Å². The fourth-order valence-electron chi connectivity index (χ4n) is 2.23. The van der Waals surface area contributed by atoms with Crippen molar-refractivity contribution in [1.29, 1.82) is 0 Å². The van der Waals surface area contributed by atoms with E-state index in [2.05, 4.69) is 35.6 Å². The van der Waals surface area contributed by atoms with Crippen LogP contribution < -0.4 is 5.32 Å². The molecule has 0 unspecified atom stereocenters. The van der Waals surface area contributed by atoms with Crippen LogP contribution in [0.1, 0.15) is 12.5 Å². The van der Waals surface area contributed by atoms with Crippen molar-refractivity contribution in [1.82, 2.24) is 5.32 Å². The third kappa shape index (κ3) is 3.32. The molecule has 0 fully saturated rings. The van der Waals surface area contributed by atoms with E-state index in [9.17, 15) is 4.79 Å². The average Bonchev–Trinajstić information content (AvgIpc) is 2.46. The Kier molecular flexibility index (Phi) is 4.53. The maximum absolute atomic E-state index is 11.7. The lowest BCUT2D eigenvalue weighted by molar-refractivity contribution is -0.143. The van der Waals surface area contributed by atoms with Crippen LogP contribution in [0.25, 0.3) is 10.8 Å². The molecule has 0 aromatic heterocycles. The van der Waals surface area contributed by atoms with E-state index in [-0.39, 0.29) is 12.0 Å². The number of methoxy groups -OCH3 is 1. The van der Waals surface area contributed by atoms with Crippen LogP contribution in [-0.2, 0) is 16.0 Å². The van der Waals surface area contributed by atoms with E-state index in [4.69, 9.17) is 4.74 Å². The van der Waals surface area contributed by atoms with Crippen molar-refractivity contribution < 1.29 is 9.53 Å². The summed E-state index contributed by atoms with van der Waals surface area (Å²) >= 11 is 0. The van der Waals surface area contributed by atoms with Crippen molar-refractivity contribution in [2.75, 3.05) is 13.7 Å². The van der Waals surface area contributed by atoms with Gasteiger partial charge in [0.05, 0.1) is 7.11 Å². The van der Waals surface area contributed by atoms with Gasteiger partial charge in [0.25, 0.3) is 0 Å². The van der Waals surface area contributed by atoms with Crippen LogP contribution in [0.15, 0.2) is 42.5 Å². The Labute approximate surface area is 113 Å². The van der Waals surface area contributed by atoms with Gasteiger partial charge in [-0.25, -0.2) is 0 Å². The van der Waals surface area contributed by atoms with E-state index < -0.39 is 0 Å². The number of benzene rings is 2. The van der Waals surface area contributed by atoms with Gasteiger partial charge in [-0.3, -0.25) is 4.79 Å². The smallest absolute Gasteiger partial charge is 0.323 e. The van der Waals surface area contributed by atoms with Crippen LogP contribution in [0.3, 0.4) is 0 Å². The van der Waals surface area contributed by atoms with Crippen LogP contribution in [-0.4, -0.2) is 25.7 Å². The summed E-state index contributed by atoms with van der Waals surface area (Å²) in [7, 11) is 1.42. The molecule has 0 heterocycles. The minimum Gasteiger partial charge on any atom is -0.468 e. The molecular weight excluding hydrogens is 238 g/mol. The number of ether oxygens (including phenoxy) is 1. The highest BCUT2D eigenvalue weighted by Gasteiger charge is 2.18. The van der Waals surface area contributed by atoms with Crippen molar-refractivity contribution in [3.05, 3.63) is 48.0 Å². The number of fused-ring (bicyclic) bond motifs is 1. The highest BCUT2D eigenvalue weighted by molar-refractivity contribution is 5.83. The van der Waals surface area contributed by atoms with E-state index in [0.29, 0.717) is 6.42 Å². The van der Waals surface area contributed by atoms with Gasteiger partial charge in [-0.2, -0.15) is 0 Å². The summed E-state index contributed by atoms with van der Waals surface area (Å²) in [5, 5.41) is 5.56. The van der Waals surface area contributed by atoms with Gasteiger partial charge in [-0.1, -0.05) is 49.4 Å². The summed E-state index contributed by atoms with van der Waals surface area (Å²) in [6.07, 6.45) is 0.644. The van der Waals surface area contributed by atoms with Gasteiger partial charge >= 0.3 is 5.97 Å². The van der Waals surface area contributed by atoms with Crippen molar-refractivity contribution in [2.24, 2.45) is 0 Å². The second kappa shape index (κ2) is 6.34. The molecule has 3 heteroatoms. The Morgan fingerprint density at radius 2 is 1.95 bits per heavy atom. The van der Waals surface area contributed by atoms with Crippen molar-refractivity contribution in [3.8, 4) is 0 Å². The van der Waals surface area contributed by atoms with Gasteiger partial charge in [0.1, 0.15) is 6.04 Å². The van der Waals surface area contributed by atoms with E-state index in [1.165, 1.54) is 17.9 Å². The fraction of sp³-hybridized carbons (Fsp3) is 0.312. The summed E-state index contributed by atoms with van der Waals surface area (Å²) in [6.45, 7) is 2.73. The van der Waals surface area contributed by atoms with Crippen molar-refractivity contribution in [2.45, 2.75) is 19.4 Å². The molecular formula is C16H19NO2. The zero-order chi connectivity index (χ0) is 13.7. The SMILES string of the molecule is CCN[C@@H](Cc1ccc2ccccc2c1)C(=O)OC. The molecule has 0 aliphatic carbocycles. The summed E-state index contributed by atoms with van der Waals surface area (Å²) in [5.41, 5.74) is 1.13. The first kappa shape index (κ1) is 13.6. The van der Waals surface area contributed by atoms with Crippen molar-refractivity contribution >= 4 is 16.7 Å². The van der Waals surface area contributed by atoms with Gasteiger partial charge in [-0.05, 0) is 29.3 Å². The van der Waals surface area contributed by atoms with E-state index in [0.717, 1.165) is 12.1 Å². The van der Waals surface area contributed by atoms with Gasteiger partial charge in [0, 0.05) is 0 Å². The second-order valence-electron chi connectivity index (χ2n) is 4.52. The lowest BCUT2D eigenvalue weighted by Crippen LogP contribution is -2.39. The number of carbonyl (C=O) groups is 1. The highest BCUT2D eigenvalue weighted by atomic mass is 16.5. The summed E-state index contributed by atoms with van der Waals surface area (Å²) < 4.78 is 4.82. The van der Waals surface area contributed by atoms with Crippen LogP contribution in [0.5, 0.6) is 0 Å². The quantitative estimate of drug-likeness (QED) is 0.836. The largest absolute Gasteiger partial charge is 0.468 e. The number of esters is 1. The fourth-order valence-corrected chi connectivity index (χ4v) is 2.23. The predicted octanol–water partition coefficient (Wildman–Crippen LogP) is 2.53. The number of rotatable bonds is 5. The topological polar surface area (TPSA) is 38.3 Å². The Bertz CT molecular complexity index is 565. The summed E-state index contributed by atoms with van der Waals surface area (Å²) in [5.74, 6) is -0.213. The lowest BCUT2D eigenvalue weighted by atomic mass is 10.0. The molecule has 2 aromatic rings. The van der Waals surface area contributed by atoms with Crippen LogP contribution in [0, 0.1) is 0 Å². The molecule has 0 bridgehead atoms. The zero-order valence-electron chi connectivity index (χ0n) is 11.3. The molecule has 0 radical (unpaired) electrons. The maximum Gasteiger partial charge on any atom is 0.323 e. The molecule has 0 saturated carbocycles. The Hall–Kier alpha value is -1.87. The Morgan fingerprint density at radius 1 is 1.21 bits per heavy atom. The molecule has 1 N–H and O–H groups in total. The van der Waals surface area contributed by atoms with Gasteiger partial charge in [-0.15, -0.1) is 0 Å². The second-order valence-corrected chi connectivity index (χ2v) is 4.52. The third-order valence-electron chi connectivity index (χ3n) is 3.19. The van der Waals surface area contributed by atoms with E-state index >= 15 is 0 Å². The van der Waals surface area contributed by atoms with E-state index in [1.807, 2.05) is 19.1 Å². The standard InChI is InChI=1S/C16H19NO2/c1-3-17-15(16(18)19-2)11-12-8-9-13-6-4-5-7-14(13)10-12/h4-10,15,17H,3,11H2,1-2H3/t15-/m0/s1. The number of carbonyl (C=O) groups excluding carboxylic acids is 1. The zero-order valence-corrected chi connectivity index (χ0v) is 11.3. The molecule has 1 atom stereocenters. The minimum absolute atomic E-state index is 0.213. The van der Waals surface area contributed by atoms with Gasteiger partial charge in [0.15, 0.2) is 0 Å². The number of hydrogen-bond donors (Lipinski definition) is 1. The van der Waals surface area contributed by atoms with Gasteiger partial charge in [0.2, 0.25) is 0 Å². The number of likely N-dealkylation sites (N-methyl/N-ethyl adjacent to an activating group) is 1. The number of hydrogen-bond acceptors (Lipinski definition) is 3. The van der Waals surface area contributed by atoms with E-state index in [1.54, 1.807) is 0 Å². The monoisotopic (exact) mass is 257 g/mol. The molecule has 0 aliphatic rings. The minimum atomic E-state index is -0.281. The Morgan fingerprint density at radius 3 is 2.63 bits per heavy atom. The lowest BCUT2D eigenvalue weighted by Gasteiger charge is -2.15. The molecule has 3 nitrogen and oxygen atoms in total. The molecule has 2 aromatic carbocycles. The maximum atomic E-state index is 11.7. The first-order chi connectivity index (χ1) is 9.24. The summed E-state index contributed by atoms with van der Waals surface area (Å²) in [6, 6.07) is 14.2. The predicted molar refractivity (Wildman–Crippen MR) is 77.1 cm³/mol. The molecule has 0 amide bonds. The van der Waals surface area contributed by atoms with Gasteiger partial charge < -0.3 is 10.1 Å².